The van der Waals surface area contributed by atoms with E-state index in [9.17, 15) is 0 Å². The van der Waals surface area contributed by atoms with Crippen molar-refractivity contribution in [1.82, 2.24) is 4.98 Å². The highest BCUT2D eigenvalue weighted by Crippen LogP contribution is 2.26. The quantitative estimate of drug-likeness (QED) is 0.818. The van der Waals surface area contributed by atoms with Crippen molar-refractivity contribution in [1.29, 1.82) is 0 Å². The molecule has 0 spiro atoms. The number of fused-ring (bicyclic) bond motifs is 1. The summed E-state index contributed by atoms with van der Waals surface area (Å²) in [5.74, 6) is 1.70. The molecule has 3 heteroatoms. The minimum absolute atomic E-state index is 0.606. The van der Waals surface area contributed by atoms with Crippen LogP contribution in [0.1, 0.15) is 51.8 Å². The lowest BCUT2D eigenvalue weighted by Gasteiger charge is -2.17. The zero-order valence-electron chi connectivity index (χ0n) is 12.5. The van der Waals surface area contributed by atoms with E-state index in [0.29, 0.717) is 6.04 Å². The van der Waals surface area contributed by atoms with Gasteiger partial charge in [0, 0.05) is 18.2 Å². The Morgan fingerprint density at radius 1 is 1.25 bits per heavy atom. The van der Waals surface area contributed by atoms with Crippen molar-refractivity contribution in [3.05, 3.63) is 24.1 Å². The summed E-state index contributed by atoms with van der Waals surface area (Å²) in [5, 5.41) is 3.68. The molecule has 1 aromatic carbocycles. The summed E-state index contributed by atoms with van der Waals surface area (Å²) in [5.41, 5.74) is 3.03. The molecule has 0 saturated heterocycles. The third-order valence-electron chi connectivity index (χ3n) is 4.36. The zero-order chi connectivity index (χ0) is 13.9. The Balaban J connectivity index is 1.73. The summed E-state index contributed by atoms with van der Waals surface area (Å²) in [6.45, 7) is 4.44. The van der Waals surface area contributed by atoms with Crippen molar-refractivity contribution in [2.24, 2.45) is 5.92 Å². The summed E-state index contributed by atoms with van der Waals surface area (Å²) in [6.07, 6.45) is 7.45. The van der Waals surface area contributed by atoms with Gasteiger partial charge in [-0.05, 0) is 43.4 Å². The minimum atomic E-state index is 0.606. The third kappa shape index (κ3) is 2.97. The number of aromatic nitrogens is 1. The topological polar surface area (TPSA) is 38.1 Å². The number of hydrogen-bond acceptors (Lipinski definition) is 3. The molecular formula is C17H24N2O. The van der Waals surface area contributed by atoms with Crippen LogP contribution in [0.25, 0.3) is 11.1 Å². The monoisotopic (exact) mass is 272 g/mol. The fraction of sp³-hybridized carbons (Fsp3) is 0.588. The van der Waals surface area contributed by atoms with Gasteiger partial charge in [0.1, 0.15) is 5.52 Å². The van der Waals surface area contributed by atoms with Crippen molar-refractivity contribution < 1.29 is 4.42 Å². The number of benzene rings is 1. The van der Waals surface area contributed by atoms with Crippen molar-refractivity contribution in [3.63, 3.8) is 0 Å². The lowest BCUT2D eigenvalue weighted by molar-refractivity contribution is 0.502. The van der Waals surface area contributed by atoms with E-state index in [1.807, 2.05) is 6.07 Å². The number of hydrogen-bond donors (Lipinski definition) is 1. The van der Waals surface area contributed by atoms with Gasteiger partial charge in [0.2, 0.25) is 0 Å². The Morgan fingerprint density at radius 2 is 2.15 bits per heavy atom. The van der Waals surface area contributed by atoms with Gasteiger partial charge < -0.3 is 9.73 Å². The molecule has 1 aromatic heterocycles. The average molecular weight is 272 g/mol. The van der Waals surface area contributed by atoms with Gasteiger partial charge in [-0.15, -0.1) is 0 Å². The van der Waals surface area contributed by atoms with Crippen molar-refractivity contribution in [3.8, 4) is 0 Å². The lowest BCUT2D eigenvalue weighted by atomic mass is 10.0. The molecule has 0 radical (unpaired) electrons. The largest absolute Gasteiger partial charge is 0.441 e. The molecule has 1 aliphatic rings. The molecular weight excluding hydrogens is 248 g/mol. The number of nitrogens with zero attached hydrogens (tertiary/aromatic N) is 1. The molecule has 3 nitrogen and oxygen atoms in total. The van der Waals surface area contributed by atoms with Gasteiger partial charge in [-0.2, -0.15) is 0 Å². The van der Waals surface area contributed by atoms with E-state index in [0.717, 1.165) is 29.3 Å². The van der Waals surface area contributed by atoms with Gasteiger partial charge in [0.25, 0.3) is 0 Å². The standard InChI is InChI=1S/C17H24N2O/c1-3-17-19-15-11-14(9-10-16(15)20-17)18-13-6-4-5-12(2)7-8-13/h9-13,18H,3-8H2,1-2H3. The lowest BCUT2D eigenvalue weighted by Crippen LogP contribution is -2.18. The molecule has 3 rings (SSSR count). The fourth-order valence-corrected chi connectivity index (χ4v) is 3.08. The molecule has 1 N–H and O–H groups in total. The minimum Gasteiger partial charge on any atom is -0.441 e. The molecule has 1 saturated carbocycles. The van der Waals surface area contributed by atoms with Crippen LogP contribution in [0.2, 0.25) is 0 Å². The van der Waals surface area contributed by atoms with Gasteiger partial charge in [-0.3, -0.25) is 0 Å². The van der Waals surface area contributed by atoms with Crippen LogP contribution in [-0.2, 0) is 6.42 Å². The molecule has 108 valence electrons. The molecule has 2 atom stereocenters. The van der Waals surface area contributed by atoms with E-state index in [4.69, 9.17) is 4.42 Å². The number of oxazole rings is 1. The van der Waals surface area contributed by atoms with Crippen molar-refractivity contribution in [2.45, 2.75) is 58.4 Å². The summed E-state index contributed by atoms with van der Waals surface area (Å²) in [6, 6.07) is 6.87. The van der Waals surface area contributed by atoms with Gasteiger partial charge in [0.15, 0.2) is 11.5 Å². The molecule has 1 fully saturated rings. The van der Waals surface area contributed by atoms with Crippen LogP contribution < -0.4 is 5.32 Å². The Morgan fingerprint density at radius 3 is 3.00 bits per heavy atom. The molecule has 20 heavy (non-hydrogen) atoms. The summed E-state index contributed by atoms with van der Waals surface area (Å²) in [7, 11) is 0. The van der Waals surface area contributed by atoms with E-state index >= 15 is 0 Å². The van der Waals surface area contributed by atoms with Crippen molar-refractivity contribution >= 4 is 16.8 Å². The average Bonchev–Trinajstić information content (AvgIpc) is 2.76. The highest BCUT2D eigenvalue weighted by atomic mass is 16.3. The van der Waals surface area contributed by atoms with Crippen LogP contribution in [-0.4, -0.2) is 11.0 Å². The van der Waals surface area contributed by atoms with Crippen molar-refractivity contribution in [2.75, 3.05) is 5.32 Å². The van der Waals surface area contributed by atoms with Crippen LogP contribution in [0.15, 0.2) is 22.6 Å². The summed E-state index contributed by atoms with van der Waals surface area (Å²) in [4.78, 5) is 4.51. The maximum Gasteiger partial charge on any atom is 0.195 e. The Hall–Kier alpha value is -1.51. The van der Waals surface area contributed by atoms with Crippen LogP contribution in [0.5, 0.6) is 0 Å². The molecule has 2 unspecified atom stereocenters. The van der Waals surface area contributed by atoms with Crippen LogP contribution >= 0.6 is 0 Å². The highest BCUT2D eigenvalue weighted by Gasteiger charge is 2.16. The number of anilines is 1. The fourth-order valence-electron chi connectivity index (χ4n) is 3.08. The van der Waals surface area contributed by atoms with Gasteiger partial charge in [-0.1, -0.05) is 26.7 Å². The zero-order valence-corrected chi connectivity index (χ0v) is 12.5. The Labute approximate surface area is 120 Å². The first kappa shape index (κ1) is 13.5. The van der Waals surface area contributed by atoms with Crippen LogP contribution in [0, 0.1) is 5.92 Å². The number of aryl methyl sites for hydroxylation is 1. The molecule has 0 amide bonds. The first-order chi connectivity index (χ1) is 9.74. The molecule has 2 aromatic rings. The second-order valence-electron chi connectivity index (χ2n) is 6.10. The number of rotatable bonds is 3. The highest BCUT2D eigenvalue weighted by molar-refractivity contribution is 5.77. The van der Waals surface area contributed by atoms with E-state index in [2.05, 4.69) is 36.3 Å². The second kappa shape index (κ2) is 5.86. The Bertz CT molecular complexity index is 575. The first-order valence-corrected chi connectivity index (χ1v) is 7.90. The van der Waals surface area contributed by atoms with E-state index in [-0.39, 0.29) is 0 Å². The molecule has 1 aliphatic carbocycles. The summed E-state index contributed by atoms with van der Waals surface area (Å²) < 4.78 is 5.66. The van der Waals surface area contributed by atoms with Gasteiger partial charge >= 0.3 is 0 Å². The SMILES string of the molecule is CCc1nc2cc(NC3CCCC(C)CC3)ccc2o1. The van der Waals surface area contributed by atoms with E-state index in [1.54, 1.807) is 0 Å². The summed E-state index contributed by atoms with van der Waals surface area (Å²) >= 11 is 0. The molecule has 1 heterocycles. The normalized spacial score (nSPS) is 23.7. The second-order valence-corrected chi connectivity index (χ2v) is 6.10. The van der Waals surface area contributed by atoms with Gasteiger partial charge in [0.05, 0.1) is 0 Å². The predicted molar refractivity (Wildman–Crippen MR) is 83.0 cm³/mol. The van der Waals surface area contributed by atoms with E-state index in [1.165, 1.54) is 37.8 Å². The third-order valence-corrected chi connectivity index (χ3v) is 4.36. The molecule has 0 aliphatic heterocycles. The Kier molecular flexibility index (Phi) is 3.95. The van der Waals surface area contributed by atoms with Gasteiger partial charge in [-0.25, -0.2) is 4.98 Å². The molecule has 0 bridgehead atoms. The number of nitrogens with one attached hydrogen (secondary N) is 1. The maximum absolute atomic E-state index is 5.66. The first-order valence-electron chi connectivity index (χ1n) is 7.90. The van der Waals surface area contributed by atoms with Crippen LogP contribution in [0.4, 0.5) is 5.69 Å². The predicted octanol–water partition coefficient (Wildman–Crippen LogP) is 4.77. The maximum atomic E-state index is 5.66. The van der Waals surface area contributed by atoms with E-state index < -0.39 is 0 Å². The van der Waals surface area contributed by atoms with Crippen LogP contribution in [0.3, 0.4) is 0 Å². The smallest absolute Gasteiger partial charge is 0.195 e.